The van der Waals surface area contributed by atoms with Gasteiger partial charge in [-0.2, -0.15) is 0 Å². The average molecular weight is 393 g/mol. The van der Waals surface area contributed by atoms with Gasteiger partial charge in [0.15, 0.2) is 0 Å². The van der Waals surface area contributed by atoms with E-state index in [0.717, 1.165) is 22.5 Å². The van der Waals surface area contributed by atoms with E-state index in [1.807, 2.05) is 47.9 Å². The minimum absolute atomic E-state index is 0.0891. The zero-order valence-corrected chi connectivity index (χ0v) is 16.5. The Labute approximate surface area is 168 Å². The largest absolute Gasteiger partial charge is 0.481 e. The summed E-state index contributed by atoms with van der Waals surface area (Å²) in [6.07, 6.45) is 0.381. The Kier molecular flexibility index (Phi) is 4.84. The molecule has 0 spiro atoms. The van der Waals surface area contributed by atoms with Crippen LogP contribution in [0.3, 0.4) is 0 Å². The van der Waals surface area contributed by atoms with E-state index in [9.17, 15) is 14.7 Å². The molecule has 0 saturated carbocycles. The van der Waals surface area contributed by atoms with E-state index < -0.39 is 11.4 Å². The zero-order valence-electron chi connectivity index (χ0n) is 16.5. The van der Waals surface area contributed by atoms with Crippen molar-refractivity contribution in [2.75, 3.05) is 26.8 Å². The Morgan fingerprint density at radius 2 is 1.97 bits per heavy atom. The Bertz CT molecular complexity index is 1080. The van der Waals surface area contributed by atoms with Gasteiger partial charge in [-0.3, -0.25) is 14.2 Å². The van der Waals surface area contributed by atoms with Gasteiger partial charge in [0.1, 0.15) is 11.2 Å². The fraction of sp³-hybridized carbons (Fsp3) is 0.318. The minimum Gasteiger partial charge on any atom is -0.481 e. The molecule has 0 bridgehead atoms. The smallest absolute Gasteiger partial charge is 0.313 e. The normalized spacial score (nSPS) is 19.0. The number of benzene rings is 2. The van der Waals surface area contributed by atoms with Crippen molar-refractivity contribution in [2.45, 2.75) is 13.3 Å². The number of carboxylic acids is 1. The second kappa shape index (κ2) is 7.33. The van der Waals surface area contributed by atoms with Gasteiger partial charge >= 0.3 is 5.97 Å². The van der Waals surface area contributed by atoms with Crippen molar-refractivity contribution < 1.29 is 19.4 Å². The number of aryl methyl sites for hydroxylation is 1. The standard InChI is InChI=1S/C22H23N3O4/c1-15-23-18-12-16(8-9-19(18)25(15)17-6-4-3-5-7-17)20(26)24-11-10-22(13-24,14-29-2)21(27)28/h3-9,12H,10-11,13-14H2,1-2H3,(H,27,28). The number of ether oxygens (including phenoxy) is 1. The molecule has 1 atom stereocenters. The van der Waals surface area contributed by atoms with Gasteiger partial charge in [-0.1, -0.05) is 18.2 Å². The highest BCUT2D eigenvalue weighted by atomic mass is 16.5. The fourth-order valence-electron chi connectivity index (χ4n) is 4.10. The van der Waals surface area contributed by atoms with Gasteiger partial charge < -0.3 is 14.7 Å². The van der Waals surface area contributed by atoms with E-state index in [4.69, 9.17) is 4.74 Å². The molecular formula is C22H23N3O4. The van der Waals surface area contributed by atoms with Gasteiger partial charge in [0.2, 0.25) is 0 Å². The summed E-state index contributed by atoms with van der Waals surface area (Å²) in [5.41, 5.74) is 2.13. The maximum atomic E-state index is 13.0. The second-order valence-electron chi connectivity index (χ2n) is 7.53. The van der Waals surface area contributed by atoms with Crippen LogP contribution < -0.4 is 0 Å². The first-order valence-corrected chi connectivity index (χ1v) is 9.51. The number of rotatable bonds is 5. The number of imidazole rings is 1. The van der Waals surface area contributed by atoms with Crippen LogP contribution in [0.15, 0.2) is 48.5 Å². The molecule has 1 saturated heterocycles. The maximum absolute atomic E-state index is 13.0. The molecule has 1 N–H and O–H groups in total. The summed E-state index contributed by atoms with van der Waals surface area (Å²) in [4.78, 5) is 31.0. The Balaban J connectivity index is 1.64. The number of likely N-dealkylation sites (tertiary alicyclic amines) is 1. The first-order chi connectivity index (χ1) is 13.9. The number of nitrogens with zero attached hydrogens (tertiary/aromatic N) is 3. The number of hydrogen-bond acceptors (Lipinski definition) is 4. The molecular weight excluding hydrogens is 370 g/mol. The third-order valence-electron chi connectivity index (χ3n) is 5.60. The predicted octanol–water partition coefficient (Wildman–Crippen LogP) is 2.90. The first-order valence-electron chi connectivity index (χ1n) is 9.51. The van der Waals surface area contributed by atoms with Crippen LogP contribution in [0.25, 0.3) is 16.7 Å². The van der Waals surface area contributed by atoms with Crippen LogP contribution in [0.5, 0.6) is 0 Å². The van der Waals surface area contributed by atoms with Gasteiger partial charge in [-0.25, -0.2) is 4.98 Å². The van der Waals surface area contributed by atoms with Crippen molar-refractivity contribution in [1.29, 1.82) is 0 Å². The second-order valence-corrected chi connectivity index (χ2v) is 7.53. The lowest BCUT2D eigenvalue weighted by atomic mass is 9.88. The number of amides is 1. The predicted molar refractivity (Wildman–Crippen MR) is 108 cm³/mol. The molecule has 7 nitrogen and oxygen atoms in total. The van der Waals surface area contributed by atoms with E-state index in [2.05, 4.69) is 4.98 Å². The lowest BCUT2D eigenvalue weighted by Crippen LogP contribution is -2.40. The van der Waals surface area contributed by atoms with Crippen LogP contribution in [-0.4, -0.2) is 58.2 Å². The van der Waals surface area contributed by atoms with Crippen molar-refractivity contribution in [1.82, 2.24) is 14.5 Å². The number of carbonyl (C=O) groups excluding carboxylic acids is 1. The molecule has 29 heavy (non-hydrogen) atoms. The summed E-state index contributed by atoms with van der Waals surface area (Å²) in [6, 6.07) is 15.4. The third-order valence-corrected chi connectivity index (χ3v) is 5.60. The highest BCUT2D eigenvalue weighted by Gasteiger charge is 2.46. The molecule has 150 valence electrons. The Hall–Kier alpha value is -3.19. The van der Waals surface area contributed by atoms with Gasteiger partial charge in [-0.05, 0) is 43.7 Å². The molecule has 1 fully saturated rings. The van der Waals surface area contributed by atoms with Crippen LogP contribution >= 0.6 is 0 Å². The quantitative estimate of drug-likeness (QED) is 0.721. The van der Waals surface area contributed by atoms with E-state index >= 15 is 0 Å². The number of aliphatic carboxylic acids is 1. The molecule has 1 aliphatic heterocycles. The van der Waals surface area contributed by atoms with Gasteiger partial charge in [-0.15, -0.1) is 0 Å². The van der Waals surface area contributed by atoms with Crippen LogP contribution in [0.1, 0.15) is 22.6 Å². The van der Waals surface area contributed by atoms with E-state index in [0.29, 0.717) is 18.5 Å². The van der Waals surface area contributed by atoms with Gasteiger partial charge in [0, 0.05) is 31.5 Å². The summed E-state index contributed by atoms with van der Waals surface area (Å²) < 4.78 is 7.16. The van der Waals surface area contributed by atoms with Crippen molar-refractivity contribution in [2.24, 2.45) is 5.41 Å². The minimum atomic E-state index is -1.04. The third kappa shape index (κ3) is 3.27. The number of hydrogen-bond donors (Lipinski definition) is 1. The highest BCUT2D eigenvalue weighted by Crippen LogP contribution is 2.32. The number of aromatic nitrogens is 2. The molecule has 1 aromatic heterocycles. The maximum Gasteiger partial charge on any atom is 0.313 e. The summed E-state index contributed by atoms with van der Waals surface area (Å²) in [5.74, 6) is -0.276. The number of para-hydroxylation sites is 1. The van der Waals surface area contributed by atoms with Crippen molar-refractivity contribution in [3.05, 3.63) is 59.9 Å². The lowest BCUT2D eigenvalue weighted by Gasteiger charge is -2.23. The lowest BCUT2D eigenvalue weighted by molar-refractivity contribution is -0.151. The Morgan fingerprint density at radius 1 is 1.21 bits per heavy atom. The SMILES string of the molecule is COCC1(C(=O)O)CCN(C(=O)c2ccc3c(c2)nc(C)n3-c2ccccc2)C1. The fourth-order valence-corrected chi connectivity index (χ4v) is 4.10. The summed E-state index contributed by atoms with van der Waals surface area (Å²) in [7, 11) is 1.48. The Morgan fingerprint density at radius 3 is 2.66 bits per heavy atom. The van der Waals surface area contributed by atoms with Crippen LogP contribution in [0, 0.1) is 12.3 Å². The van der Waals surface area contributed by atoms with Gasteiger partial charge in [0.25, 0.3) is 5.91 Å². The molecule has 2 heterocycles. The molecule has 0 aliphatic carbocycles. The monoisotopic (exact) mass is 393 g/mol. The molecule has 1 aliphatic rings. The van der Waals surface area contributed by atoms with E-state index in [1.165, 1.54) is 7.11 Å². The van der Waals surface area contributed by atoms with Crippen molar-refractivity contribution in [3.8, 4) is 5.69 Å². The van der Waals surface area contributed by atoms with Crippen molar-refractivity contribution >= 4 is 22.9 Å². The van der Waals surface area contributed by atoms with E-state index in [-0.39, 0.29) is 19.1 Å². The van der Waals surface area contributed by atoms with Gasteiger partial charge in [0.05, 0.1) is 17.6 Å². The molecule has 1 amide bonds. The number of fused-ring (bicyclic) bond motifs is 1. The first kappa shape index (κ1) is 19.1. The van der Waals surface area contributed by atoms with E-state index in [1.54, 1.807) is 17.0 Å². The highest BCUT2D eigenvalue weighted by molar-refractivity contribution is 5.98. The van der Waals surface area contributed by atoms with Crippen LogP contribution in [-0.2, 0) is 9.53 Å². The van der Waals surface area contributed by atoms with Crippen LogP contribution in [0.2, 0.25) is 0 Å². The molecule has 2 aromatic carbocycles. The molecule has 0 radical (unpaired) electrons. The summed E-state index contributed by atoms with van der Waals surface area (Å²) in [6.45, 7) is 2.56. The molecule has 7 heteroatoms. The summed E-state index contributed by atoms with van der Waals surface area (Å²) >= 11 is 0. The molecule has 1 unspecified atom stereocenters. The zero-order chi connectivity index (χ0) is 20.6. The number of carbonyl (C=O) groups is 2. The molecule has 4 rings (SSSR count). The van der Waals surface area contributed by atoms with Crippen LogP contribution in [0.4, 0.5) is 0 Å². The topological polar surface area (TPSA) is 84.7 Å². The van der Waals surface area contributed by atoms with Crippen molar-refractivity contribution in [3.63, 3.8) is 0 Å². The number of carboxylic acid groups (broad SMARTS) is 1. The summed E-state index contributed by atoms with van der Waals surface area (Å²) in [5, 5.41) is 9.62. The number of methoxy groups -OCH3 is 1. The molecule has 3 aromatic rings. The average Bonchev–Trinajstić information content (AvgIpc) is 3.29.